The van der Waals surface area contributed by atoms with Crippen LogP contribution in [0.3, 0.4) is 0 Å². The molecule has 15 heavy (non-hydrogen) atoms. The van der Waals surface area contributed by atoms with E-state index in [1.54, 1.807) is 12.1 Å². The van der Waals surface area contributed by atoms with Crippen molar-refractivity contribution >= 4 is 11.5 Å². The average Bonchev–Trinajstić information content (AvgIpc) is 2.19. The molecule has 0 aliphatic rings. The molecule has 0 atom stereocenters. The van der Waals surface area contributed by atoms with Gasteiger partial charge in [0.1, 0.15) is 11.7 Å². The fourth-order valence-corrected chi connectivity index (χ4v) is 1.61. The molecule has 3 nitrogen and oxygen atoms in total. The Morgan fingerprint density at radius 2 is 2.00 bits per heavy atom. The van der Waals surface area contributed by atoms with Gasteiger partial charge in [-0.05, 0) is 26.0 Å². The van der Waals surface area contributed by atoms with Gasteiger partial charge in [0, 0.05) is 13.1 Å². The monoisotopic (exact) mass is 209 g/mol. The average molecular weight is 209 g/mol. The predicted octanol–water partition coefficient (Wildman–Crippen LogP) is 1.96. The summed E-state index contributed by atoms with van der Waals surface area (Å²) in [4.78, 5) is 1.97. The number of hydrogen-bond acceptors (Lipinski definition) is 2. The van der Waals surface area contributed by atoms with Crippen LogP contribution in [0.2, 0.25) is 0 Å². The van der Waals surface area contributed by atoms with E-state index in [9.17, 15) is 4.39 Å². The molecule has 0 fully saturated rings. The van der Waals surface area contributed by atoms with Gasteiger partial charge in [-0.2, -0.15) is 0 Å². The molecule has 0 bridgehead atoms. The van der Waals surface area contributed by atoms with Crippen LogP contribution in [0, 0.1) is 11.2 Å². The number of benzene rings is 1. The summed E-state index contributed by atoms with van der Waals surface area (Å²) in [6, 6.07) is 4.74. The summed E-state index contributed by atoms with van der Waals surface area (Å²) in [5, 5.41) is 7.37. The highest BCUT2D eigenvalue weighted by Gasteiger charge is 2.14. The maximum Gasteiger partial charge on any atom is 0.136 e. The van der Waals surface area contributed by atoms with E-state index in [-0.39, 0.29) is 11.4 Å². The summed E-state index contributed by atoms with van der Waals surface area (Å²) in [6.45, 7) is 5.50. The molecule has 0 unspecified atom stereocenters. The molecular formula is C11H16FN3. The first-order chi connectivity index (χ1) is 7.11. The van der Waals surface area contributed by atoms with E-state index in [1.165, 1.54) is 6.07 Å². The number of rotatable bonds is 4. The van der Waals surface area contributed by atoms with Gasteiger partial charge in [-0.25, -0.2) is 4.39 Å². The number of hydrogen-bond donors (Lipinski definition) is 2. The van der Waals surface area contributed by atoms with Crippen molar-refractivity contribution in [1.29, 1.82) is 5.41 Å². The molecule has 0 saturated heterocycles. The zero-order valence-corrected chi connectivity index (χ0v) is 9.05. The molecule has 82 valence electrons. The van der Waals surface area contributed by atoms with Gasteiger partial charge in [0.05, 0.1) is 11.3 Å². The Labute approximate surface area is 89.2 Å². The molecule has 0 spiro atoms. The van der Waals surface area contributed by atoms with Gasteiger partial charge in [0.25, 0.3) is 0 Å². The van der Waals surface area contributed by atoms with Crippen molar-refractivity contribution in [2.24, 2.45) is 5.73 Å². The summed E-state index contributed by atoms with van der Waals surface area (Å²) in [6.07, 6.45) is 0. The summed E-state index contributed by atoms with van der Waals surface area (Å²) in [7, 11) is 0. The van der Waals surface area contributed by atoms with Crippen molar-refractivity contribution in [3.05, 3.63) is 29.6 Å². The summed E-state index contributed by atoms with van der Waals surface area (Å²) in [5.41, 5.74) is 6.26. The maximum absolute atomic E-state index is 13.5. The Morgan fingerprint density at radius 3 is 2.47 bits per heavy atom. The molecule has 0 radical (unpaired) electrons. The Balaban J connectivity index is 3.27. The molecule has 0 aromatic heterocycles. The molecule has 0 aliphatic carbocycles. The van der Waals surface area contributed by atoms with Crippen LogP contribution < -0.4 is 10.6 Å². The number of anilines is 1. The third-order valence-electron chi connectivity index (χ3n) is 2.37. The summed E-state index contributed by atoms with van der Waals surface area (Å²) < 4.78 is 13.5. The van der Waals surface area contributed by atoms with E-state index in [0.717, 1.165) is 13.1 Å². The molecule has 1 aromatic carbocycles. The molecular weight excluding hydrogens is 193 g/mol. The van der Waals surface area contributed by atoms with Gasteiger partial charge in [-0.1, -0.05) is 6.07 Å². The number of amidine groups is 1. The number of halogens is 1. The van der Waals surface area contributed by atoms with Crippen LogP contribution in [-0.4, -0.2) is 18.9 Å². The molecule has 0 saturated carbocycles. The molecule has 0 amide bonds. The van der Waals surface area contributed by atoms with Gasteiger partial charge in [0.15, 0.2) is 0 Å². The summed E-state index contributed by atoms with van der Waals surface area (Å²) >= 11 is 0. The van der Waals surface area contributed by atoms with Crippen molar-refractivity contribution in [1.82, 2.24) is 0 Å². The minimum atomic E-state index is -0.438. The van der Waals surface area contributed by atoms with E-state index >= 15 is 0 Å². The standard InChI is InChI=1S/C11H16FN3/c1-3-15(4-2)9-7-5-6-8(12)10(9)11(13)14/h5-7H,3-4H2,1-2H3,(H3,13,14). The quantitative estimate of drug-likeness (QED) is 0.588. The molecule has 1 rings (SSSR count). The normalized spacial score (nSPS) is 10.1. The number of nitrogen functional groups attached to an aromatic ring is 1. The van der Waals surface area contributed by atoms with Crippen molar-refractivity contribution < 1.29 is 4.39 Å². The molecule has 0 heterocycles. The lowest BCUT2D eigenvalue weighted by Crippen LogP contribution is -2.26. The minimum Gasteiger partial charge on any atom is -0.384 e. The fraction of sp³-hybridized carbons (Fsp3) is 0.364. The van der Waals surface area contributed by atoms with Crippen LogP contribution >= 0.6 is 0 Å². The van der Waals surface area contributed by atoms with Gasteiger partial charge in [-0.15, -0.1) is 0 Å². The summed E-state index contributed by atoms with van der Waals surface area (Å²) in [5.74, 6) is -0.665. The van der Waals surface area contributed by atoms with E-state index in [0.29, 0.717) is 5.69 Å². The van der Waals surface area contributed by atoms with Crippen LogP contribution in [0.1, 0.15) is 19.4 Å². The second-order valence-electron chi connectivity index (χ2n) is 3.22. The van der Waals surface area contributed by atoms with Crippen molar-refractivity contribution in [3.63, 3.8) is 0 Å². The first kappa shape index (κ1) is 11.5. The smallest absolute Gasteiger partial charge is 0.136 e. The highest BCUT2D eigenvalue weighted by Crippen LogP contribution is 2.22. The number of nitrogens with one attached hydrogen (secondary N) is 1. The Bertz CT molecular complexity index is 359. The zero-order valence-electron chi connectivity index (χ0n) is 9.05. The minimum absolute atomic E-state index is 0.196. The van der Waals surface area contributed by atoms with Gasteiger partial charge in [0.2, 0.25) is 0 Å². The Morgan fingerprint density at radius 1 is 1.40 bits per heavy atom. The third kappa shape index (κ3) is 2.26. The maximum atomic E-state index is 13.5. The van der Waals surface area contributed by atoms with Crippen molar-refractivity contribution in [3.8, 4) is 0 Å². The molecule has 3 N–H and O–H groups in total. The first-order valence-corrected chi connectivity index (χ1v) is 4.99. The van der Waals surface area contributed by atoms with E-state index in [2.05, 4.69) is 0 Å². The van der Waals surface area contributed by atoms with Gasteiger partial charge >= 0.3 is 0 Å². The van der Waals surface area contributed by atoms with Crippen molar-refractivity contribution in [2.45, 2.75) is 13.8 Å². The Hall–Kier alpha value is -1.58. The second-order valence-corrected chi connectivity index (χ2v) is 3.22. The highest BCUT2D eigenvalue weighted by atomic mass is 19.1. The molecule has 0 aliphatic heterocycles. The van der Waals surface area contributed by atoms with Crippen LogP contribution in [0.25, 0.3) is 0 Å². The predicted molar refractivity (Wildman–Crippen MR) is 61.0 cm³/mol. The van der Waals surface area contributed by atoms with E-state index in [4.69, 9.17) is 11.1 Å². The third-order valence-corrected chi connectivity index (χ3v) is 2.37. The number of nitrogens with two attached hydrogens (primary N) is 1. The zero-order chi connectivity index (χ0) is 11.4. The number of nitrogens with zero attached hydrogens (tertiary/aromatic N) is 1. The SMILES string of the molecule is CCN(CC)c1cccc(F)c1C(=N)N. The topological polar surface area (TPSA) is 53.1 Å². The lowest BCUT2D eigenvalue weighted by molar-refractivity contribution is 0.623. The second kappa shape index (κ2) is 4.77. The van der Waals surface area contributed by atoms with Crippen LogP contribution in [0.4, 0.5) is 10.1 Å². The van der Waals surface area contributed by atoms with Crippen LogP contribution in [0.15, 0.2) is 18.2 Å². The van der Waals surface area contributed by atoms with Gasteiger partial charge in [-0.3, -0.25) is 5.41 Å². The lowest BCUT2D eigenvalue weighted by atomic mass is 10.1. The van der Waals surface area contributed by atoms with Crippen molar-refractivity contribution in [2.75, 3.05) is 18.0 Å². The van der Waals surface area contributed by atoms with Crippen LogP contribution in [-0.2, 0) is 0 Å². The Kier molecular flexibility index (Phi) is 3.66. The van der Waals surface area contributed by atoms with E-state index in [1.807, 2.05) is 18.7 Å². The highest BCUT2D eigenvalue weighted by molar-refractivity contribution is 6.00. The largest absolute Gasteiger partial charge is 0.384 e. The van der Waals surface area contributed by atoms with Crippen LogP contribution in [0.5, 0.6) is 0 Å². The molecule has 1 aromatic rings. The fourth-order valence-electron chi connectivity index (χ4n) is 1.61. The lowest BCUT2D eigenvalue weighted by Gasteiger charge is -2.23. The first-order valence-electron chi connectivity index (χ1n) is 4.99. The van der Waals surface area contributed by atoms with E-state index < -0.39 is 5.82 Å². The molecule has 4 heteroatoms. The van der Waals surface area contributed by atoms with Gasteiger partial charge < -0.3 is 10.6 Å².